The van der Waals surface area contributed by atoms with Crippen LogP contribution in [0.15, 0.2) is 12.4 Å². The molecule has 2 heterocycles. The van der Waals surface area contributed by atoms with Crippen molar-refractivity contribution in [3.8, 4) is 5.95 Å². The van der Waals surface area contributed by atoms with Crippen LogP contribution in [-0.2, 0) is 6.54 Å². The molecule has 0 saturated carbocycles. The van der Waals surface area contributed by atoms with Crippen LogP contribution in [0.4, 0.5) is 0 Å². The van der Waals surface area contributed by atoms with E-state index in [1.165, 1.54) is 0 Å². The second-order valence-electron chi connectivity index (χ2n) is 4.07. The highest BCUT2D eigenvalue weighted by Gasteiger charge is 2.08. The van der Waals surface area contributed by atoms with E-state index < -0.39 is 0 Å². The lowest BCUT2D eigenvalue weighted by atomic mass is 10.2. The Bertz CT molecular complexity index is 530. The molecular formula is C12H16ClN5. The molecule has 2 aromatic heterocycles. The zero-order valence-corrected chi connectivity index (χ0v) is 11.5. The SMILES string of the molecule is CCNCc1cnc(-n2cc(Cl)c(C)n2)nc1C. The summed E-state index contributed by atoms with van der Waals surface area (Å²) < 4.78 is 1.60. The van der Waals surface area contributed by atoms with Gasteiger partial charge < -0.3 is 5.32 Å². The summed E-state index contributed by atoms with van der Waals surface area (Å²) >= 11 is 5.97. The van der Waals surface area contributed by atoms with Crippen LogP contribution < -0.4 is 5.32 Å². The topological polar surface area (TPSA) is 55.6 Å². The zero-order chi connectivity index (χ0) is 13.1. The fourth-order valence-electron chi connectivity index (χ4n) is 1.56. The van der Waals surface area contributed by atoms with E-state index in [0.29, 0.717) is 11.0 Å². The molecule has 0 aromatic carbocycles. The van der Waals surface area contributed by atoms with E-state index in [1.54, 1.807) is 10.9 Å². The molecule has 0 bridgehead atoms. The monoisotopic (exact) mass is 265 g/mol. The molecule has 0 aliphatic carbocycles. The molecule has 0 fully saturated rings. The van der Waals surface area contributed by atoms with E-state index in [1.807, 2.05) is 20.0 Å². The number of aromatic nitrogens is 4. The smallest absolute Gasteiger partial charge is 0.250 e. The Kier molecular flexibility index (Phi) is 3.93. The van der Waals surface area contributed by atoms with Gasteiger partial charge in [-0.2, -0.15) is 5.10 Å². The summed E-state index contributed by atoms with van der Waals surface area (Å²) in [4.78, 5) is 8.75. The van der Waals surface area contributed by atoms with Crippen molar-refractivity contribution < 1.29 is 0 Å². The Labute approximate surface area is 111 Å². The van der Waals surface area contributed by atoms with Gasteiger partial charge in [0.1, 0.15) is 0 Å². The van der Waals surface area contributed by atoms with Crippen LogP contribution in [0.2, 0.25) is 5.02 Å². The summed E-state index contributed by atoms with van der Waals surface area (Å²) in [7, 11) is 0. The maximum Gasteiger partial charge on any atom is 0.250 e. The molecule has 0 aliphatic heterocycles. The highest BCUT2D eigenvalue weighted by molar-refractivity contribution is 6.31. The van der Waals surface area contributed by atoms with Crippen molar-refractivity contribution in [3.05, 3.63) is 34.4 Å². The first-order valence-corrected chi connectivity index (χ1v) is 6.25. The van der Waals surface area contributed by atoms with E-state index in [-0.39, 0.29) is 0 Å². The normalized spacial score (nSPS) is 10.9. The van der Waals surface area contributed by atoms with Crippen LogP contribution in [0.1, 0.15) is 23.9 Å². The zero-order valence-electron chi connectivity index (χ0n) is 10.7. The van der Waals surface area contributed by atoms with Gasteiger partial charge in [0.2, 0.25) is 0 Å². The minimum Gasteiger partial charge on any atom is -0.313 e. The molecular weight excluding hydrogens is 250 g/mol. The maximum atomic E-state index is 5.97. The Morgan fingerprint density at radius 3 is 2.67 bits per heavy atom. The fraction of sp³-hybridized carbons (Fsp3) is 0.417. The van der Waals surface area contributed by atoms with Crippen LogP contribution in [0.5, 0.6) is 0 Å². The number of halogens is 1. The molecule has 18 heavy (non-hydrogen) atoms. The van der Waals surface area contributed by atoms with E-state index in [0.717, 1.165) is 30.0 Å². The first-order valence-electron chi connectivity index (χ1n) is 5.87. The Morgan fingerprint density at radius 1 is 1.33 bits per heavy atom. The van der Waals surface area contributed by atoms with Gasteiger partial charge in [0, 0.05) is 24.0 Å². The number of hydrogen-bond donors (Lipinski definition) is 1. The number of nitrogens with zero attached hydrogens (tertiary/aromatic N) is 4. The van der Waals surface area contributed by atoms with Crippen molar-refractivity contribution in [3.63, 3.8) is 0 Å². The van der Waals surface area contributed by atoms with Crippen LogP contribution in [0.3, 0.4) is 0 Å². The summed E-state index contributed by atoms with van der Waals surface area (Å²) in [6, 6.07) is 0. The molecule has 0 aliphatic rings. The van der Waals surface area contributed by atoms with Crippen LogP contribution in [-0.4, -0.2) is 26.3 Å². The average Bonchev–Trinajstić information content (AvgIpc) is 2.68. The molecule has 0 atom stereocenters. The number of aryl methyl sites for hydroxylation is 2. The van der Waals surface area contributed by atoms with Gasteiger partial charge in [0.25, 0.3) is 5.95 Å². The van der Waals surface area contributed by atoms with Gasteiger partial charge in [-0.1, -0.05) is 18.5 Å². The predicted octanol–water partition coefficient (Wildman–Crippen LogP) is 2.04. The number of nitrogens with one attached hydrogen (secondary N) is 1. The molecule has 0 saturated heterocycles. The Hall–Kier alpha value is -1.46. The van der Waals surface area contributed by atoms with E-state index >= 15 is 0 Å². The van der Waals surface area contributed by atoms with Crippen molar-refractivity contribution in [2.24, 2.45) is 0 Å². The van der Waals surface area contributed by atoms with Crippen molar-refractivity contribution >= 4 is 11.6 Å². The number of hydrogen-bond acceptors (Lipinski definition) is 4. The van der Waals surface area contributed by atoms with Crippen LogP contribution in [0.25, 0.3) is 5.95 Å². The molecule has 0 unspecified atom stereocenters. The van der Waals surface area contributed by atoms with Gasteiger partial charge in [-0.3, -0.25) is 0 Å². The van der Waals surface area contributed by atoms with Gasteiger partial charge in [0.05, 0.1) is 16.9 Å². The van der Waals surface area contributed by atoms with Crippen molar-refractivity contribution in [1.82, 2.24) is 25.1 Å². The highest BCUT2D eigenvalue weighted by Crippen LogP contribution is 2.15. The third kappa shape index (κ3) is 2.68. The second kappa shape index (κ2) is 5.46. The lowest BCUT2D eigenvalue weighted by Gasteiger charge is -2.06. The quantitative estimate of drug-likeness (QED) is 0.919. The lowest BCUT2D eigenvalue weighted by Crippen LogP contribution is -2.14. The molecule has 0 amide bonds. The van der Waals surface area contributed by atoms with Crippen molar-refractivity contribution in [1.29, 1.82) is 0 Å². The predicted molar refractivity (Wildman–Crippen MR) is 71.0 cm³/mol. The van der Waals surface area contributed by atoms with Gasteiger partial charge in [-0.25, -0.2) is 14.6 Å². The third-order valence-electron chi connectivity index (χ3n) is 2.68. The summed E-state index contributed by atoms with van der Waals surface area (Å²) in [5.41, 5.74) is 2.82. The maximum absolute atomic E-state index is 5.97. The standard InChI is InChI=1S/C12H16ClN5/c1-4-14-5-10-6-15-12(16-8(10)2)18-7-11(13)9(3)17-18/h6-7,14H,4-5H2,1-3H3. The van der Waals surface area contributed by atoms with Crippen LogP contribution >= 0.6 is 11.6 Å². The minimum atomic E-state index is 0.544. The molecule has 96 valence electrons. The van der Waals surface area contributed by atoms with E-state index in [2.05, 4.69) is 27.3 Å². The molecule has 0 spiro atoms. The molecule has 2 rings (SSSR count). The molecule has 2 aromatic rings. The van der Waals surface area contributed by atoms with Crippen LogP contribution in [0, 0.1) is 13.8 Å². The Morgan fingerprint density at radius 2 is 2.11 bits per heavy atom. The molecule has 5 nitrogen and oxygen atoms in total. The molecule has 0 radical (unpaired) electrons. The second-order valence-corrected chi connectivity index (χ2v) is 4.48. The van der Waals surface area contributed by atoms with Crippen molar-refractivity contribution in [2.75, 3.05) is 6.54 Å². The fourth-order valence-corrected chi connectivity index (χ4v) is 1.70. The minimum absolute atomic E-state index is 0.544. The van der Waals surface area contributed by atoms with Crippen molar-refractivity contribution in [2.45, 2.75) is 27.3 Å². The largest absolute Gasteiger partial charge is 0.313 e. The van der Waals surface area contributed by atoms with Gasteiger partial charge in [-0.15, -0.1) is 0 Å². The molecule has 1 N–H and O–H groups in total. The summed E-state index contributed by atoms with van der Waals surface area (Å²) in [5.74, 6) is 0.544. The average molecular weight is 266 g/mol. The summed E-state index contributed by atoms with van der Waals surface area (Å²) in [5, 5.41) is 8.13. The van der Waals surface area contributed by atoms with E-state index in [4.69, 9.17) is 11.6 Å². The first kappa shape index (κ1) is 13.0. The highest BCUT2D eigenvalue weighted by atomic mass is 35.5. The third-order valence-corrected chi connectivity index (χ3v) is 3.05. The van der Waals surface area contributed by atoms with Gasteiger partial charge >= 0.3 is 0 Å². The number of rotatable bonds is 4. The summed E-state index contributed by atoms with van der Waals surface area (Å²) in [6.07, 6.45) is 3.54. The summed E-state index contributed by atoms with van der Waals surface area (Å²) in [6.45, 7) is 7.59. The lowest BCUT2D eigenvalue weighted by molar-refractivity contribution is 0.708. The Balaban J connectivity index is 2.28. The first-order chi connectivity index (χ1) is 8.61. The van der Waals surface area contributed by atoms with E-state index in [9.17, 15) is 0 Å². The molecule has 6 heteroatoms. The van der Waals surface area contributed by atoms with Gasteiger partial charge in [-0.05, 0) is 20.4 Å². The van der Waals surface area contributed by atoms with Gasteiger partial charge in [0.15, 0.2) is 0 Å².